The molecule has 1 unspecified atom stereocenters. The Labute approximate surface area is 141 Å². The van der Waals surface area contributed by atoms with Gasteiger partial charge in [0, 0.05) is 25.9 Å². The fourth-order valence-corrected chi connectivity index (χ4v) is 4.76. The molecule has 0 N–H and O–H groups in total. The van der Waals surface area contributed by atoms with E-state index in [-0.39, 0.29) is 6.04 Å². The molecule has 0 radical (unpaired) electrons. The second kappa shape index (κ2) is 6.90. The third-order valence-electron chi connectivity index (χ3n) is 4.26. The van der Waals surface area contributed by atoms with Crippen LogP contribution in [-0.2, 0) is 16.4 Å². The van der Waals surface area contributed by atoms with E-state index in [1.165, 1.54) is 0 Å². The lowest BCUT2D eigenvalue weighted by molar-refractivity contribution is 0.361. The highest BCUT2D eigenvalue weighted by Crippen LogP contribution is 2.29. The van der Waals surface area contributed by atoms with Crippen molar-refractivity contribution in [1.82, 2.24) is 14.4 Å². The SMILES string of the molecule is COc1ccc(S(=O)(=O)N2CCCC2CCc2noc(C)n2)cc1. The van der Waals surface area contributed by atoms with E-state index in [0.717, 1.165) is 12.8 Å². The number of nitrogens with zero attached hydrogens (tertiary/aromatic N) is 3. The van der Waals surface area contributed by atoms with E-state index in [2.05, 4.69) is 10.1 Å². The number of sulfonamides is 1. The van der Waals surface area contributed by atoms with Crippen molar-refractivity contribution in [2.24, 2.45) is 0 Å². The molecule has 0 spiro atoms. The summed E-state index contributed by atoms with van der Waals surface area (Å²) >= 11 is 0. The van der Waals surface area contributed by atoms with Gasteiger partial charge in [-0.25, -0.2) is 8.42 Å². The number of aryl methyl sites for hydroxylation is 2. The fraction of sp³-hybridized carbons (Fsp3) is 0.500. The minimum atomic E-state index is -3.50. The average Bonchev–Trinajstić information content (AvgIpc) is 3.22. The molecule has 24 heavy (non-hydrogen) atoms. The van der Waals surface area contributed by atoms with Gasteiger partial charge < -0.3 is 9.26 Å². The number of hydrogen-bond donors (Lipinski definition) is 0. The zero-order valence-electron chi connectivity index (χ0n) is 13.8. The van der Waals surface area contributed by atoms with Crippen LogP contribution >= 0.6 is 0 Å². The summed E-state index contributed by atoms with van der Waals surface area (Å²) in [4.78, 5) is 4.47. The zero-order valence-corrected chi connectivity index (χ0v) is 14.6. The van der Waals surface area contributed by atoms with Gasteiger partial charge in [-0.2, -0.15) is 9.29 Å². The van der Waals surface area contributed by atoms with Crippen LogP contribution in [0.4, 0.5) is 0 Å². The van der Waals surface area contributed by atoms with Crippen molar-refractivity contribution in [3.63, 3.8) is 0 Å². The van der Waals surface area contributed by atoms with Gasteiger partial charge in [-0.1, -0.05) is 5.16 Å². The molecule has 1 atom stereocenters. The Kier molecular flexibility index (Phi) is 4.86. The van der Waals surface area contributed by atoms with Crippen LogP contribution in [0.3, 0.4) is 0 Å². The zero-order chi connectivity index (χ0) is 17.2. The normalized spacial score (nSPS) is 18.8. The van der Waals surface area contributed by atoms with Gasteiger partial charge in [0.1, 0.15) is 5.75 Å². The highest BCUT2D eigenvalue weighted by Gasteiger charge is 2.35. The second-order valence-corrected chi connectivity index (χ2v) is 7.75. The van der Waals surface area contributed by atoms with Crippen molar-refractivity contribution in [3.8, 4) is 5.75 Å². The first-order valence-electron chi connectivity index (χ1n) is 7.96. The van der Waals surface area contributed by atoms with E-state index in [1.54, 1.807) is 42.6 Å². The molecule has 1 aliphatic rings. The summed E-state index contributed by atoms with van der Waals surface area (Å²) in [6.07, 6.45) is 3.02. The lowest BCUT2D eigenvalue weighted by Gasteiger charge is -2.23. The van der Waals surface area contributed by atoms with Crippen LogP contribution in [-0.4, -0.2) is 42.6 Å². The van der Waals surface area contributed by atoms with Gasteiger partial charge in [0.15, 0.2) is 5.82 Å². The maximum Gasteiger partial charge on any atom is 0.243 e. The maximum atomic E-state index is 12.9. The van der Waals surface area contributed by atoms with Gasteiger partial charge >= 0.3 is 0 Å². The smallest absolute Gasteiger partial charge is 0.243 e. The molecule has 0 aliphatic carbocycles. The number of aromatic nitrogens is 2. The van der Waals surface area contributed by atoms with Crippen LogP contribution in [0.1, 0.15) is 31.0 Å². The summed E-state index contributed by atoms with van der Waals surface area (Å²) in [5.41, 5.74) is 0. The summed E-state index contributed by atoms with van der Waals surface area (Å²) in [6, 6.07) is 6.48. The monoisotopic (exact) mass is 351 g/mol. The third-order valence-corrected chi connectivity index (χ3v) is 6.23. The number of benzene rings is 1. The first-order chi connectivity index (χ1) is 11.5. The van der Waals surface area contributed by atoms with E-state index >= 15 is 0 Å². The van der Waals surface area contributed by atoms with Crippen molar-refractivity contribution in [3.05, 3.63) is 36.0 Å². The van der Waals surface area contributed by atoms with Crippen LogP contribution < -0.4 is 4.74 Å². The average molecular weight is 351 g/mol. The minimum Gasteiger partial charge on any atom is -0.497 e. The third kappa shape index (κ3) is 3.44. The predicted molar refractivity (Wildman–Crippen MR) is 87.3 cm³/mol. The van der Waals surface area contributed by atoms with Crippen LogP contribution in [0.2, 0.25) is 0 Å². The molecular weight excluding hydrogens is 330 g/mol. The molecule has 7 nitrogen and oxygen atoms in total. The Morgan fingerprint density at radius 3 is 2.71 bits per heavy atom. The molecule has 8 heteroatoms. The molecule has 1 fully saturated rings. The highest BCUT2D eigenvalue weighted by atomic mass is 32.2. The van der Waals surface area contributed by atoms with Crippen molar-refractivity contribution >= 4 is 10.0 Å². The molecule has 3 rings (SSSR count). The Hall–Kier alpha value is -1.93. The first-order valence-corrected chi connectivity index (χ1v) is 9.40. The van der Waals surface area contributed by atoms with Crippen molar-refractivity contribution in [2.75, 3.05) is 13.7 Å². The lowest BCUT2D eigenvalue weighted by atomic mass is 10.1. The number of hydrogen-bond acceptors (Lipinski definition) is 6. The summed E-state index contributed by atoms with van der Waals surface area (Å²) in [5.74, 6) is 1.79. The molecule has 2 heterocycles. The number of methoxy groups -OCH3 is 1. The lowest BCUT2D eigenvalue weighted by Crippen LogP contribution is -2.35. The summed E-state index contributed by atoms with van der Waals surface area (Å²) in [5, 5.41) is 3.87. The quantitative estimate of drug-likeness (QED) is 0.793. The van der Waals surface area contributed by atoms with Crippen LogP contribution in [0, 0.1) is 6.92 Å². The number of rotatable bonds is 6. The summed E-state index contributed by atoms with van der Waals surface area (Å²) < 4.78 is 37.4. The molecule has 1 aromatic carbocycles. The largest absolute Gasteiger partial charge is 0.497 e. The topological polar surface area (TPSA) is 85.5 Å². The summed E-state index contributed by atoms with van der Waals surface area (Å²) in [7, 11) is -1.94. The van der Waals surface area contributed by atoms with Gasteiger partial charge in [0.2, 0.25) is 15.9 Å². The molecule has 2 aromatic rings. The molecule has 130 valence electrons. The van der Waals surface area contributed by atoms with E-state index in [4.69, 9.17) is 9.26 Å². The van der Waals surface area contributed by atoms with Gasteiger partial charge in [0.05, 0.1) is 12.0 Å². The molecule has 0 saturated carbocycles. The summed E-state index contributed by atoms with van der Waals surface area (Å²) in [6.45, 7) is 2.29. The van der Waals surface area contributed by atoms with Gasteiger partial charge in [-0.3, -0.25) is 0 Å². The fourth-order valence-electron chi connectivity index (χ4n) is 3.04. The maximum absolute atomic E-state index is 12.9. The Morgan fingerprint density at radius 2 is 2.08 bits per heavy atom. The van der Waals surface area contributed by atoms with E-state index in [0.29, 0.717) is 41.7 Å². The van der Waals surface area contributed by atoms with Crippen molar-refractivity contribution < 1.29 is 17.7 Å². The van der Waals surface area contributed by atoms with Gasteiger partial charge in [-0.15, -0.1) is 0 Å². The van der Waals surface area contributed by atoms with E-state index in [1.807, 2.05) is 0 Å². The Morgan fingerprint density at radius 1 is 1.33 bits per heavy atom. The van der Waals surface area contributed by atoms with Crippen molar-refractivity contribution in [2.45, 2.75) is 43.5 Å². The Bertz CT molecular complexity index is 786. The highest BCUT2D eigenvalue weighted by molar-refractivity contribution is 7.89. The molecule has 1 saturated heterocycles. The molecule has 1 aliphatic heterocycles. The van der Waals surface area contributed by atoms with Crippen LogP contribution in [0.5, 0.6) is 5.75 Å². The molecule has 1 aromatic heterocycles. The van der Waals surface area contributed by atoms with Crippen molar-refractivity contribution in [1.29, 1.82) is 0 Å². The van der Waals surface area contributed by atoms with E-state index < -0.39 is 10.0 Å². The van der Waals surface area contributed by atoms with Crippen LogP contribution in [0.15, 0.2) is 33.7 Å². The Balaban J connectivity index is 1.73. The minimum absolute atomic E-state index is 0.0316. The first kappa shape index (κ1) is 16.9. The van der Waals surface area contributed by atoms with Gasteiger partial charge in [0.25, 0.3) is 0 Å². The number of ether oxygens (including phenoxy) is 1. The molecule has 0 amide bonds. The van der Waals surface area contributed by atoms with Gasteiger partial charge in [-0.05, 0) is 43.5 Å². The molecule has 0 bridgehead atoms. The second-order valence-electron chi connectivity index (χ2n) is 5.86. The van der Waals surface area contributed by atoms with Crippen LogP contribution in [0.25, 0.3) is 0 Å². The standard InChI is InChI=1S/C16H21N3O4S/c1-12-17-16(18-23-12)10-5-13-4-3-11-19(13)24(20,21)15-8-6-14(22-2)7-9-15/h6-9,13H,3-5,10-11H2,1-2H3. The van der Waals surface area contributed by atoms with E-state index in [9.17, 15) is 8.42 Å². The molecular formula is C16H21N3O4S. The predicted octanol–water partition coefficient (Wildman–Crippen LogP) is 2.17.